The summed E-state index contributed by atoms with van der Waals surface area (Å²) in [6.45, 7) is 1.42. The average Bonchev–Trinajstić information content (AvgIpc) is 3.14. The maximum absolute atomic E-state index is 12.5. The van der Waals surface area contributed by atoms with Gasteiger partial charge in [-0.05, 0) is 48.4 Å². The maximum Gasteiger partial charge on any atom is 0.251 e. The topological polar surface area (TPSA) is 104 Å². The summed E-state index contributed by atoms with van der Waals surface area (Å²) >= 11 is 0. The van der Waals surface area contributed by atoms with Gasteiger partial charge in [0, 0.05) is 27.7 Å². The third-order valence-electron chi connectivity index (χ3n) is 4.97. The molecule has 3 rings (SSSR count). The van der Waals surface area contributed by atoms with Gasteiger partial charge in [0.05, 0.1) is 33.5 Å². The van der Waals surface area contributed by atoms with Crippen LogP contribution in [0.5, 0.6) is 11.5 Å². The van der Waals surface area contributed by atoms with Crippen molar-refractivity contribution >= 4 is 16.8 Å². The molecule has 0 aliphatic heterocycles. The second-order valence-electron chi connectivity index (χ2n) is 6.70. The van der Waals surface area contributed by atoms with Gasteiger partial charge in [0.15, 0.2) is 11.5 Å². The van der Waals surface area contributed by atoms with Crippen molar-refractivity contribution in [3.8, 4) is 22.8 Å². The predicted octanol–water partition coefficient (Wildman–Crippen LogP) is 2.50. The summed E-state index contributed by atoms with van der Waals surface area (Å²) in [6.07, 6.45) is 0.769. The van der Waals surface area contributed by atoms with Crippen LogP contribution in [0.1, 0.15) is 22.8 Å². The molecule has 4 N–H and O–H groups in total. The predicted molar refractivity (Wildman–Crippen MR) is 112 cm³/mol. The van der Waals surface area contributed by atoms with Gasteiger partial charge in [-0.2, -0.15) is 0 Å². The van der Waals surface area contributed by atoms with Crippen LogP contribution in [-0.4, -0.2) is 54.6 Å². The van der Waals surface area contributed by atoms with E-state index < -0.39 is 6.04 Å². The van der Waals surface area contributed by atoms with Crippen LogP contribution < -0.4 is 14.8 Å². The van der Waals surface area contributed by atoms with Gasteiger partial charge in [0.1, 0.15) is 0 Å². The van der Waals surface area contributed by atoms with Crippen LogP contribution in [0.15, 0.2) is 36.4 Å². The Morgan fingerprint density at radius 2 is 1.79 bits per heavy atom. The van der Waals surface area contributed by atoms with Crippen LogP contribution in [0.3, 0.4) is 0 Å². The van der Waals surface area contributed by atoms with E-state index in [2.05, 4.69) is 17.2 Å². The van der Waals surface area contributed by atoms with E-state index >= 15 is 0 Å². The van der Waals surface area contributed by atoms with Crippen molar-refractivity contribution in [2.45, 2.75) is 19.4 Å². The standard InChI is InChI=1S/C22H26N2O5/c1-4-16-17-9-14(22(27)23-15(11-25)12-26)5-7-18(17)24-21(16)13-6-8-19(28-2)20(10-13)29-3/h5-10,15,24-26H,4,11-12H2,1-3H3,(H,23,27). The Morgan fingerprint density at radius 3 is 2.41 bits per heavy atom. The van der Waals surface area contributed by atoms with E-state index in [1.165, 1.54) is 0 Å². The molecular formula is C22H26N2O5. The lowest BCUT2D eigenvalue weighted by molar-refractivity contribution is 0.0879. The third-order valence-corrected chi connectivity index (χ3v) is 4.97. The Labute approximate surface area is 169 Å². The van der Waals surface area contributed by atoms with E-state index in [0.29, 0.717) is 17.1 Å². The van der Waals surface area contributed by atoms with Crippen LogP contribution in [0.25, 0.3) is 22.2 Å². The molecule has 0 aliphatic rings. The molecule has 29 heavy (non-hydrogen) atoms. The summed E-state index contributed by atoms with van der Waals surface area (Å²) in [5.74, 6) is 0.965. The zero-order valence-corrected chi connectivity index (χ0v) is 16.8. The minimum Gasteiger partial charge on any atom is -0.493 e. The number of carbonyl (C=O) groups is 1. The number of ether oxygens (including phenoxy) is 2. The van der Waals surface area contributed by atoms with Crippen molar-refractivity contribution in [1.82, 2.24) is 10.3 Å². The van der Waals surface area contributed by atoms with E-state index in [-0.39, 0.29) is 19.1 Å². The molecule has 7 heteroatoms. The van der Waals surface area contributed by atoms with Gasteiger partial charge in [-0.15, -0.1) is 0 Å². The molecule has 0 spiro atoms. The number of H-pyrrole nitrogens is 1. The lowest BCUT2D eigenvalue weighted by Crippen LogP contribution is -2.40. The number of rotatable bonds is 8. The molecule has 1 aromatic heterocycles. The first-order valence-corrected chi connectivity index (χ1v) is 9.45. The van der Waals surface area contributed by atoms with Gasteiger partial charge >= 0.3 is 0 Å². The van der Waals surface area contributed by atoms with E-state index in [1.54, 1.807) is 20.3 Å². The summed E-state index contributed by atoms with van der Waals surface area (Å²) in [6, 6.07) is 10.5. The summed E-state index contributed by atoms with van der Waals surface area (Å²) in [4.78, 5) is 15.9. The van der Waals surface area contributed by atoms with Crippen LogP contribution in [0, 0.1) is 0 Å². The number of benzene rings is 2. The normalized spacial score (nSPS) is 11.1. The first kappa shape index (κ1) is 20.7. The molecule has 0 saturated carbocycles. The quantitative estimate of drug-likeness (QED) is 0.467. The molecular weight excluding hydrogens is 372 g/mol. The molecule has 7 nitrogen and oxygen atoms in total. The van der Waals surface area contributed by atoms with Crippen LogP contribution in [0.2, 0.25) is 0 Å². The number of amides is 1. The van der Waals surface area contributed by atoms with Crippen molar-refractivity contribution in [2.24, 2.45) is 0 Å². The van der Waals surface area contributed by atoms with E-state index in [9.17, 15) is 15.0 Å². The van der Waals surface area contributed by atoms with Crippen molar-refractivity contribution in [2.75, 3.05) is 27.4 Å². The first-order chi connectivity index (χ1) is 14.1. The number of aliphatic hydroxyl groups excluding tert-OH is 2. The number of hydrogen-bond donors (Lipinski definition) is 4. The number of aromatic amines is 1. The largest absolute Gasteiger partial charge is 0.493 e. The number of hydrogen-bond acceptors (Lipinski definition) is 5. The lowest BCUT2D eigenvalue weighted by Gasteiger charge is -2.13. The van der Waals surface area contributed by atoms with Crippen molar-refractivity contribution < 1.29 is 24.5 Å². The zero-order valence-electron chi connectivity index (χ0n) is 16.8. The smallest absolute Gasteiger partial charge is 0.251 e. The molecule has 0 fully saturated rings. The fraction of sp³-hybridized carbons (Fsp3) is 0.318. The van der Waals surface area contributed by atoms with Crippen molar-refractivity contribution in [1.29, 1.82) is 0 Å². The van der Waals surface area contributed by atoms with Gasteiger partial charge in [0.2, 0.25) is 0 Å². The number of aryl methyl sites for hydroxylation is 1. The summed E-state index contributed by atoms with van der Waals surface area (Å²) < 4.78 is 10.7. The molecule has 154 valence electrons. The van der Waals surface area contributed by atoms with E-state index in [4.69, 9.17) is 9.47 Å². The summed E-state index contributed by atoms with van der Waals surface area (Å²) in [5, 5.41) is 21.9. The average molecular weight is 398 g/mol. The fourth-order valence-corrected chi connectivity index (χ4v) is 3.41. The Hall–Kier alpha value is -3.03. The first-order valence-electron chi connectivity index (χ1n) is 9.45. The minimum atomic E-state index is -0.683. The minimum absolute atomic E-state index is 0.321. The Balaban J connectivity index is 2.04. The number of nitrogens with one attached hydrogen (secondary N) is 2. The molecule has 0 aliphatic carbocycles. The highest BCUT2D eigenvalue weighted by atomic mass is 16.5. The van der Waals surface area contributed by atoms with Crippen LogP contribution in [-0.2, 0) is 6.42 Å². The van der Waals surface area contributed by atoms with Gasteiger partial charge in [-0.1, -0.05) is 6.92 Å². The van der Waals surface area contributed by atoms with Gasteiger partial charge in [-0.3, -0.25) is 4.79 Å². The highest BCUT2D eigenvalue weighted by molar-refractivity contribution is 6.00. The molecule has 0 atom stereocenters. The molecule has 0 unspecified atom stereocenters. The van der Waals surface area contributed by atoms with Crippen LogP contribution in [0.4, 0.5) is 0 Å². The number of aromatic nitrogens is 1. The maximum atomic E-state index is 12.5. The lowest BCUT2D eigenvalue weighted by atomic mass is 10.0. The molecule has 0 saturated heterocycles. The monoisotopic (exact) mass is 398 g/mol. The van der Waals surface area contributed by atoms with Gasteiger partial charge < -0.3 is 30.0 Å². The molecule has 3 aromatic rings. The highest BCUT2D eigenvalue weighted by Gasteiger charge is 2.17. The number of carbonyl (C=O) groups excluding carboxylic acids is 1. The SMILES string of the molecule is CCc1c(-c2ccc(OC)c(OC)c2)[nH]c2ccc(C(=O)NC(CO)CO)cc12. The van der Waals surface area contributed by atoms with E-state index in [0.717, 1.165) is 34.1 Å². The second-order valence-corrected chi connectivity index (χ2v) is 6.70. The van der Waals surface area contributed by atoms with E-state index in [1.807, 2.05) is 30.3 Å². The Kier molecular flexibility index (Phi) is 6.41. The number of fused-ring (bicyclic) bond motifs is 1. The summed E-state index contributed by atoms with van der Waals surface area (Å²) in [7, 11) is 3.20. The van der Waals surface area contributed by atoms with Crippen molar-refractivity contribution in [3.63, 3.8) is 0 Å². The molecule has 0 bridgehead atoms. The molecule has 0 radical (unpaired) electrons. The highest BCUT2D eigenvalue weighted by Crippen LogP contribution is 2.36. The fourth-order valence-electron chi connectivity index (χ4n) is 3.41. The second kappa shape index (κ2) is 8.98. The molecule has 2 aromatic carbocycles. The van der Waals surface area contributed by atoms with Gasteiger partial charge in [-0.25, -0.2) is 0 Å². The number of aliphatic hydroxyl groups is 2. The van der Waals surface area contributed by atoms with Crippen molar-refractivity contribution in [3.05, 3.63) is 47.5 Å². The Morgan fingerprint density at radius 1 is 1.07 bits per heavy atom. The summed E-state index contributed by atoms with van der Waals surface area (Å²) in [5.41, 5.74) is 4.40. The number of methoxy groups -OCH3 is 2. The Bertz CT molecular complexity index is 1010. The zero-order chi connectivity index (χ0) is 21.0. The molecule has 1 amide bonds. The van der Waals surface area contributed by atoms with Gasteiger partial charge in [0.25, 0.3) is 5.91 Å². The van der Waals surface area contributed by atoms with Crippen LogP contribution >= 0.6 is 0 Å². The third kappa shape index (κ3) is 4.06. The molecule has 1 heterocycles.